The maximum absolute atomic E-state index is 15.1. The van der Waals surface area contributed by atoms with Crippen molar-refractivity contribution in [3.05, 3.63) is 60.2 Å². The second-order valence-electron chi connectivity index (χ2n) is 6.09. The molecule has 0 radical (unpaired) electrons. The second-order valence-corrected chi connectivity index (χ2v) is 6.09. The summed E-state index contributed by atoms with van der Waals surface area (Å²) < 4.78 is 20.8. The highest BCUT2D eigenvalue weighted by atomic mass is 19.1. The van der Waals surface area contributed by atoms with Gasteiger partial charge in [-0.05, 0) is 42.7 Å². The Morgan fingerprint density at radius 2 is 1.75 bits per heavy atom. The summed E-state index contributed by atoms with van der Waals surface area (Å²) in [6, 6.07) is 17.0. The van der Waals surface area contributed by atoms with Crippen LogP contribution in [0.4, 0.5) is 10.1 Å². The van der Waals surface area contributed by atoms with E-state index < -0.39 is 5.67 Å². The molecule has 4 heteroatoms. The first-order valence-corrected chi connectivity index (χ1v) is 8.11. The first kappa shape index (κ1) is 18.3. The SMILES string of the molecule is C.Nc1cccc(C2(F)CCN(CCOc3ccccc3)CC2)c1. The van der Waals surface area contributed by atoms with Crippen LogP contribution < -0.4 is 10.5 Å². The molecule has 0 amide bonds. The minimum atomic E-state index is -1.26. The molecule has 2 aromatic rings. The molecule has 0 atom stereocenters. The van der Waals surface area contributed by atoms with Crippen LogP contribution in [0.1, 0.15) is 25.8 Å². The van der Waals surface area contributed by atoms with Crippen LogP contribution in [-0.4, -0.2) is 31.1 Å². The van der Waals surface area contributed by atoms with E-state index in [9.17, 15) is 0 Å². The lowest BCUT2D eigenvalue weighted by Crippen LogP contribution is -2.41. The van der Waals surface area contributed by atoms with Gasteiger partial charge in [-0.2, -0.15) is 0 Å². The van der Waals surface area contributed by atoms with Crippen molar-refractivity contribution in [2.75, 3.05) is 32.0 Å². The topological polar surface area (TPSA) is 38.5 Å². The molecule has 0 spiro atoms. The average molecular weight is 330 g/mol. The van der Waals surface area contributed by atoms with Gasteiger partial charge in [-0.15, -0.1) is 0 Å². The maximum atomic E-state index is 15.1. The van der Waals surface area contributed by atoms with Gasteiger partial charge >= 0.3 is 0 Å². The fraction of sp³-hybridized carbons (Fsp3) is 0.400. The average Bonchev–Trinajstić information content (AvgIpc) is 2.58. The van der Waals surface area contributed by atoms with Gasteiger partial charge in [-0.3, -0.25) is 4.90 Å². The summed E-state index contributed by atoms with van der Waals surface area (Å²) in [6.07, 6.45) is 1.00. The van der Waals surface area contributed by atoms with Gasteiger partial charge in [0.15, 0.2) is 0 Å². The third kappa shape index (κ3) is 4.48. The van der Waals surface area contributed by atoms with Crippen molar-refractivity contribution in [1.29, 1.82) is 0 Å². The van der Waals surface area contributed by atoms with Crippen molar-refractivity contribution >= 4 is 5.69 Å². The molecule has 0 saturated carbocycles. The van der Waals surface area contributed by atoms with E-state index in [-0.39, 0.29) is 7.43 Å². The summed E-state index contributed by atoms with van der Waals surface area (Å²) in [7, 11) is 0. The summed E-state index contributed by atoms with van der Waals surface area (Å²) in [5.41, 5.74) is 5.85. The number of nitrogens with zero attached hydrogens (tertiary/aromatic N) is 1. The summed E-state index contributed by atoms with van der Waals surface area (Å²) in [4.78, 5) is 2.26. The molecule has 2 N–H and O–H groups in total. The summed E-state index contributed by atoms with van der Waals surface area (Å²) in [5.74, 6) is 0.879. The smallest absolute Gasteiger partial charge is 0.138 e. The van der Waals surface area contributed by atoms with Gasteiger partial charge in [0.05, 0.1) is 0 Å². The Hall–Kier alpha value is -2.07. The van der Waals surface area contributed by atoms with Gasteiger partial charge < -0.3 is 10.5 Å². The van der Waals surface area contributed by atoms with Gasteiger partial charge in [-0.1, -0.05) is 37.8 Å². The molecule has 24 heavy (non-hydrogen) atoms. The highest BCUT2D eigenvalue weighted by Gasteiger charge is 2.36. The summed E-state index contributed by atoms with van der Waals surface area (Å²) in [5, 5.41) is 0. The van der Waals surface area contributed by atoms with E-state index >= 15 is 4.39 Å². The zero-order valence-corrected chi connectivity index (χ0v) is 13.2. The molecule has 0 bridgehead atoms. The number of hydrogen-bond donors (Lipinski definition) is 1. The third-order valence-corrected chi connectivity index (χ3v) is 4.47. The highest BCUT2D eigenvalue weighted by Crippen LogP contribution is 2.37. The van der Waals surface area contributed by atoms with E-state index in [1.807, 2.05) is 42.5 Å². The monoisotopic (exact) mass is 330 g/mol. The minimum Gasteiger partial charge on any atom is -0.492 e. The Morgan fingerprint density at radius 3 is 2.42 bits per heavy atom. The number of nitrogens with two attached hydrogens (primary N) is 1. The van der Waals surface area contributed by atoms with Crippen LogP contribution in [0.2, 0.25) is 0 Å². The molecule has 1 heterocycles. The number of hydrogen-bond acceptors (Lipinski definition) is 3. The van der Waals surface area contributed by atoms with Crippen LogP contribution in [0.3, 0.4) is 0 Å². The molecule has 1 saturated heterocycles. The molecule has 1 fully saturated rings. The molecule has 0 unspecified atom stereocenters. The molecule has 3 rings (SSSR count). The van der Waals surface area contributed by atoms with Crippen LogP contribution in [0.25, 0.3) is 0 Å². The maximum Gasteiger partial charge on any atom is 0.138 e. The van der Waals surface area contributed by atoms with Crippen molar-refractivity contribution in [2.24, 2.45) is 0 Å². The van der Waals surface area contributed by atoms with Gasteiger partial charge in [0.1, 0.15) is 18.0 Å². The van der Waals surface area contributed by atoms with Crippen LogP contribution in [-0.2, 0) is 5.67 Å². The van der Waals surface area contributed by atoms with Crippen molar-refractivity contribution in [2.45, 2.75) is 25.9 Å². The van der Waals surface area contributed by atoms with Crippen molar-refractivity contribution in [3.8, 4) is 5.75 Å². The number of anilines is 1. The van der Waals surface area contributed by atoms with E-state index in [1.165, 1.54) is 0 Å². The molecular formula is C20H27FN2O. The number of likely N-dealkylation sites (tertiary alicyclic amines) is 1. The fourth-order valence-electron chi connectivity index (χ4n) is 3.05. The Kier molecular flexibility index (Phi) is 6.21. The zero-order chi connectivity index (χ0) is 16.1. The van der Waals surface area contributed by atoms with E-state index in [0.29, 0.717) is 30.7 Å². The lowest BCUT2D eigenvalue weighted by molar-refractivity contribution is 0.0501. The standard InChI is InChI=1S/C19H23FN2O.CH4/c20-19(16-5-4-6-17(21)15-16)9-11-22(12-10-19)13-14-23-18-7-2-1-3-8-18;/h1-8,15H,9-14,21H2;1H4. The van der Waals surface area contributed by atoms with E-state index in [2.05, 4.69) is 4.90 Å². The normalized spacial score (nSPS) is 17.0. The highest BCUT2D eigenvalue weighted by molar-refractivity contribution is 5.42. The molecule has 0 aliphatic carbocycles. The Morgan fingerprint density at radius 1 is 1.04 bits per heavy atom. The second kappa shape index (κ2) is 8.15. The number of piperidine rings is 1. The Balaban J connectivity index is 0.00000208. The fourth-order valence-corrected chi connectivity index (χ4v) is 3.05. The van der Waals surface area contributed by atoms with E-state index in [1.54, 1.807) is 12.1 Å². The Labute approximate surface area is 144 Å². The lowest BCUT2D eigenvalue weighted by Gasteiger charge is -2.36. The van der Waals surface area contributed by atoms with Gasteiger partial charge in [0.25, 0.3) is 0 Å². The van der Waals surface area contributed by atoms with Gasteiger partial charge in [-0.25, -0.2) is 4.39 Å². The van der Waals surface area contributed by atoms with Crippen LogP contribution in [0.15, 0.2) is 54.6 Å². The first-order valence-electron chi connectivity index (χ1n) is 8.11. The lowest BCUT2D eigenvalue weighted by atomic mass is 9.86. The molecular weight excluding hydrogens is 303 g/mol. The number of para-hydroxylation sites is 1. The largest absolute Gasteiger partial charge is 0.492 e. The molecule has 130 valence electrons. The van der Waals surface area contributed by atoms with Crippen molar-refractivity contribution in [1.82, 2.24) is 4.90 Å². The predicted octanol–water partition coefficient (Wildman–Crippen LogP) is 4.24. The molecule has 3 nitrogen and oxygen atoms in total. The minimum absolute atomic E-state index is 0. The van der Waals surface area contributed by atoms with Crippen molar-refractivity contribution in [3.63, 3.8) is 0 Å². The van der Waals surface area contributed by atoms with E-state index in [0.717, 1.165) is 25.4 Å². The van der Waals surface area contributed by atoms with Crippen molar-refractivity contribution < 1.29 is 9.13 Å². The summed E-state index contributed by atoms with van der Waals surface area (Å²) in [6.45, 7) is 2.93. The number of halogens is 1. The van der Waals surface area contributed by atoms with Gasteiger partial charge in [0.2, 0.25) is 0 Å². The van der Waals surface area contributed by atoms with Crippen LogP contribution in [0, 0.1) is 0 Å². The number of nitrogen functional groups attached to an aromatic ring is 1. The van der Waals surface area contributed by atoms with Gasteiger partial charge in [0, 0.05) is 25.3 Å². The summed E-state index contributed by atoms with van der Waals surface area (Å²) >= 11 is 0. The number of ether oxygens (including phenoxy) is 1. The quantitative estimate of drug-likeness (QED) is 0.833. The van der Waals surface area contributed by atoms with Crippen LogP contribution in [0.5, 0.6) is 5.75 Å². The molecule has 1 aliphatic rings. The van der Waals surface area contributed by atoms with Crippen LogP contribution >= 0.6 is 0 Å². The number of benzene rings is 2. The third-order valence-electron chi connectivity index (χ3n) is 4.47. The molecule has 2 aromatic carbocycles. The molecule has 1 aliphatic heterocycles. The first-order chi connectivity index (χ1) is 11.2. The number of alkyl halides is 1. The van der Waals surface area contributed by atoms with E-state index in [4.69, 9.17) is 10.5 Å². The Bertz CT molecular complexity index is 625. The predicted molar refractivity (Wildman–Crippen MR) is 98.0 cm³/mol. The number of rotatable bonds is 5. The molecule has 0 aromatic heterocycles. The zero-order valence-electron chi connectivity index (χ0n) is 13.2.